The highest BCUT2D eigenvalue weighted by molar-refractivity contribution is 5.97. The number of H-pyrrole nitrogens is 1. The maximum absolute atomic E-state index is 13.4. The number of esters is 1. The van der Waals surface area contributed by atoms with Crippen LogP contribution in [0.5, 0.6) is 0 Å². The number of amides is 1. The molecule has 2 aromatic rings. The number of nitrogens with two attached hydrogens (primary N) is 1. The first kappa shape index (κ1) is 26.2. The number of carbonyl (C=O) groups is 2. The van der Waals surface area contributed by atoms with E-state index in [0.29, 0.717) is 31.1 Å². The third-order valence-electron chi connectivity index (χ3n) is 8.31. The van der Waals surface area contributed by atoms with Crippen molar-refractivity contribution in [2.75, 3.05) is 23.8 Å². The standard InChI is InChI=1S/C28H36N4O6/c1-17(2)13-31(22-23(29)32(26(36)30-24(22)34)14-18-6-4-3-5-7-18)21(33)15-38-25(35)27-9-19-8-20(10-27)12-28(37,11-19)16-27/h3-7,17,19-20,37H,8-16,29H2,1-2H3,(H,30,34,36)/t19-,20+,27?,28?. The number of aromatic nitrogens is 2. The number of nitrogens with one attached hydrogen (secondary N) is 1. The maximum Gasteiger partial charge on any atom is 0.330 e. The van der Waals surface area contributed by atoms with Crippen LogP contribution in [0, 0.1) is 23.2 Å². The second-order valence-electron chi connectivity index (χ2n) is 12.0. The Labute approximate surface area is 220 Å². The van der Waals surface area contributed by atoms with Gasteiger partial charge in [0.1, 0.15) is 5.82 Å². The van der Waals surface area contributed by atoms with Crippen molar-refractivity contribution in [2.24, 2.45) is 23.2 Å². The monoisotopic (exact) mass is 524 g/mol. The Balaban J connectivity index is 1.38. The van der Waals surface area contributed by atoms with Crippen LogP contribution in [0.2, 0.25) is 0 Å². The van der Waals surface area contributed by atoms with Gasteiger partial charge in [-0.15, -0.1) is 0 Å². The first-order valence-electron chi connectivity index (χ1n) is 13.4. The van der Waals surface area contributed by atoms with Crippen LogP contribution in [0.15, 0.2) is 39.9 Å². The lowest BCUT2D eigenvalue weighted by Crippen LogP contribution is -2.58. The molecule has 1 amide bonds. The van der Waals surface area contributed by atoms with E-state index in [2.05, 4.69) is 4.98 Å². The number of hydrogen-bond acceptors (Lipinski definition) is 7. The molecule has 4 fully saturated rings. The summed E-state index contributed by atoms with van der Waals surface area (Å²) < 4.78 is 6.80. The van der Waals surface area contributed by atoms with Gasteiger partial charge in [-0.25, -0.2) is 4.79 Å². The van der Waals surface area contributed by atoms with Gasteiger partial charge in [-0.1, -0.05) is 44.2 Å². The molecule has 6 rings (SSSR count). The van der Waals surface area contributed by atoms with Crippen molar-refractivity contribution in [3.63, 3.8) is 0 Å². The number of nitrogen functional groups attached to an aromatic ring is 1. The van der Waals surface area contributed by atoms with Crippen LogP contribution < -0.4 is 21.9 Å². The molecule has 0 spiro atoms. The van der Waals surface area contributed by atoms with Crippen molar-refractivity contribution < 1.29 is 19.4 Å². The molecular weight excluding hydrogens is 488 g/mol. The number of hydrogen-bond donors (Lipinski definition) is 3. The SMILES string of the molecule is CC(C)CN(C(=O)COC(=O)C12C[C@@H]3C[C@@H](CC(O)(C3)C1)C2)c1c(N)n(Cc2ccccc2)c(=O)[nH]c1=O. The minimum absolute atomic E-state index is 0.0413. The Morgan fingerprint density at radius 3 is 2.42 bits per heavy atom. The van der Waals surface area contributed by atoms with E-state index < -0.39 is 40.7 Å². The molecule has 1 aromatic heterocycles. The molecule has 2 unspecified atom stereocenters. The summed E-state index contributed by atoms with van der Waals surface area (Å²) in [5.74, 6) is -0.639. The van der Waals surface area contributed by atoms with E-state index >= 15 is 0 Å². The van der Waals surface area contributed by atoms with E-state index in [1.54, 1.807) is 0 Å². The largest absolute Gasteiger partial charge is 0.455 e. The van der Waals surface area contributed by atoms with E-state index in [-0.39, 0.29) is 30.5 Å². The average molecular weight is 525 g/mol. The lowest BCUT2D eigenvalue weighted by atomic mass is 9.48. The molecule has 1 heterocycles. The van der Waals surface area contributed by atoms with Crippen molar-refractivity contribution in [2.45, 2.75) is 64.5 Å². The van der Waals surface area contributed by atoms with E-state index in [9.17, 15) is 24.3 Å². The smallest absolute Gasteiger partial charge is 0.330 e. The van der Waals surface area contributed by atoms with Crippen molar-refractivity contribution in [1.29, 1.82) is 0 Å². The highest BCUT2D eigenvalue weighted by atomic mass is 16.5. The molecule has 0 radical (unpaired) electrons. The van der Waals surface area contributed by atoms with Gasteiger partial charge in [0, 0.05) is 6.54 Å². The van der Waals surface area contributed by atoms with Crippen molar-refractivity contribution in [3.05, 3.63) is 56.7 Å². The Bertz CT molecular complexity index is 1330. The van der Waals surface area contributed by atoms with Crippen LogP contribution in [0.3, 0.4) is 0 Å². The summed E-state index contributed by atoms with van der Waals surface area (Å²) in [7, 11) is 0. The Kier molecular flexibility index (Phi) is 6.71. The summed E-state index contributed by atoms with van der Waals surface area (Å²) in [5.41, 5.74) is 3.95. The zero-order chi connectivity index (χ0) is 27.2. The highest BCUT2D eigenvalue weighted by Crippen LogP contribution is 2.62. The predicted molar refractivity (Wildman–Crippen MR) is 141 cm³/mol. The van der Waals surface area contributed by atoms with Crippen LogP contribution in [0.25, 0.3) is 0 Å². The zero-order valence-electron chi connectivity index (χ0n) is 21.9. The number of rotatable bonds is 8. The first-order chi connectivity index (χ1) is 18.0. The van der Waals surface area contributed by atoms with Gasteiger partial charge in [0.05, 0.1) is 17.6 Å². The molecule has 4 N–H and O–H groups in total. The van der Waals surface area contributed by atoms with E-state index in [4.69, 9.17) is 10.5 Å². The van der Waals surface area contributed by atoms with Gasteiger partial charge < -0.3 is 20.5 Å². The number of aliphatic hydroxyl groups is 1. The van der Waals surface area contributed by atoms with Gasteiger partial charge in [0.15, 0.2) is 12.3 Å². The molecule has 4 aliphatic carbocycles. The van der Waals surface area contributed by atoms with Crippen LogP contribution >= 0.6 is 0 Å². The van der Waals surface area contributed by atoms with Gasteiger partial charge >= 0.3 is 11.7 Å². The molecule has 0 aliphatic heterocycles. The van der Waals surface area contributed by atoms with Crippen LogP contribution in [-0.4, -0.2) is 45.3 Å². The maximum atomic E-state index is 13.4. The topological polar surface area (TPSA) is 148 Å². The molecule has 4 saturated carbocycles. The van der Waals surface area contributed by atoms with Crippen LogP contribution in [0.4, 0.5) is 11.5 Å². The molecule has 38 heavy (non-hydrogen) atoms. The lowest BCUT2D eigenvalue weighted by molar-refractivity contribution is -0.196. The van der Waals surface area contributed by atoms with Gasteiger partial charge in [-0.3, -0.25) is 23.9 Å². The molecule has 10 heteroatoms. The third kappa shape index (κ3) is 4.89. The Morgan fingerprint density at radius 1 is 1.16 bits per heavy atom. The number of nitrogens with zero attached hydrogens (tertiary/aromatic N) is 2. The summed E-state index contributed by atoms with van der Waals surface area (Å²) in [6.45, 7) is 3.46. The average Bonchev–Trinajstić information content (AvgIpc) is 2.83. The summed E-state index contributed by atoms with van der Waals surface area (Å²) in [4.78, 5) is 55.8. The van der Waals surface area contributed by atoms with Crippen molar-refractivity contribution in [3.8, 4) is 0 Å². The zero-order valence-corrected chi connectivity index (χ0v) is 21.9. The summed E-state index contributed by atoms with van der Waals surface area (Å²) >= 11 is 0. The fourth-order valence-electron chi connectivity index (χ4n) is 7.26. The van der Waals surface area contributed by atoms with E-state index in [1.807, 2.05) is 44.2 Å². The molecule has 0 saturated heterocycles. The molecule has 4 aliphatic rings. The number of aromatic amines is 1. The molecule has 10 nitrogen and oxygen atoms in total. The second kappa shape index (κ2) is 9.72. The summed E-state index contributed by atoms with van der Waals surface area (Å²) in [6.07, 6.45) is 4.18. The highest BCUT2D eigenvalue weighted by Gasteiger charge is 2.61. The number of benzene rings is 1. The lowest BCUT2D eigenvalue weighted by Gasteiger charge is -2.58. The molecule has 4 bridgehead atoms. The number of carbonyl (C=O) groups excluding carboxylic acids is 2. The minimum Gasteiger partial charge on any atom is -0.455 e. The first-order valence-corrected chi connectivity index (χ1v) is 13.4. The fourth-order valence-corrected chi connectivity index (χ4v) is 7.26. The number of anilines is 2. The molecule has 1 aromatic carbocycles. The quantitative estimate of drug-likeness (QED) is 0.448. The molecule has 204 valence electrons. The predicted octanol–water partition coefficient (Wildman–Crippen LogP) is 2.03. The summed E-state index contributed by atoms with van der Waals surface area (Å²) in [5, 5.41) is 11.0. The van der Waals surface area contributed by atoms with Gasteiger partial charge in [-0.05, 0) is 61.8 Å². The van der Waals surface area contributed by atoms with Crippen molar-refractivity contribution >= 4 is 23.4 Å². The molecular formula is C28H36N4O6. The van der Waals surface area contributed by atoms with Gasteiger partial charge in [-0.2, -0.15) is 0 Å². The number of ether oxygens (including phenoxy) is 1. The Morgan fingerprint density at radius 2 is 1.82 bits per heavy atom. The minimum atomic E-state index is -0.828. The second-order valence-corrected chi connectivity index (χ2v) is 12.0. The molecule has 4 atom stereocenters. The van der Waals surface area contributed by atoms with Gasteiger partial charge in [0.25, 0.3) is 11.5 Å². The summed E-state index contributed by atoms with van der Waals surface area (Å²) in [6, 6.07) is 9.16. The van der Waals surface area contributed by atoms with E-state index in [1.165, 1.54) is 9.47 Å². The third-order valence-corrected chi connectivity index (χ3v) is 8.31. The fraction of sp³-hybridized carbons (Fsp3) is 0.571. The van der Waals surface area contributed by atoms with Crippen LogP contribution in [-0.2, 0) is 20.9 Å². The van der Waals surface area contributed by atoms with Gasteiger partial charge in [0.2, 0.25) is 0 Å². The van der Waals surface area contributed by atoms with E-state index in [0.717, 1.165) is 24.8 Å². The van der Waals surface area contributed by atoms with Crippen LogP contribution in [0.1, 0.15) is 57.9 Å². The normalized spacial score (nSPS) is 27.5. The van der Waals surface area contributed by atoms with Crippen molar-refractivity contribution in [1.82, 2.24) is 9.55 Å². The Hall–Kier alpha value is -3.40.